The fourth-order valence-electron chi connectivity index (χ4n) is 3.87. The molecule has 2 aromatic rings. The smallest absolute Gasteiger partial charge is 0.317 e. The molecule has 1 aromatic carbocycles. The van der Waals surface area contributed by atoms with E-state index in [0.29, 0.717) is 18.5 Å². The van der Waals surface area contributed by atoms with E-state index in [-0.39, 0.29) is 24.0 Å². The van der Waals surface area contributed by atoms with Crippen LogP contribution in [0, 0.1) is 11.6 Å². The Labute approximate surface area is 162 Å². The largest absolute Gasteiger partial charge is 0.353 e. The number of likely N-dealkylation sites (N-methyl/N-ethyl adjacent to an activating group) is 1. The predicted molar refractivity (Wildman–Crippen MR) is 101 cm³/mol. The molecule has 6 nitrogen and oxygen atoms in total. The molecule has 0 radical (unpaired) electrons. The molecule has 8 heteroatoms. The molecule has 2 unspecified atom stereocenters. The zero-order valence-electron chi connectivity index (χ0n) is 15.7. The summed E-state index contributed by atoms with van der Waals surface area (Å²) in [4.78, 5) is 16.5. The lowest BCUT2D eigenvalue weighted by molar-refractivity contribution is 0.182. The Bertz CT molecular complexity index is 850. The number of carbonyl (C=O) groups is 1. The van der Waals surface area contributed by atoms with Crippen LogP contribution < -0.4 is 10.2 Å². The summed E-state index contributed by atoms with van der Waals surface area (Å²) in [6.07, 6.45) is 4.19. The van der Waals surface area contributed by atoms with Crippen molar-refractivity contribution < 1.29 is 13.6 Å². The van der Waals surface area contributed by atoms with Crippen LogP contribution in [-0.4, -0.2) is 53.3 Å². The molecular weight excluding hydrogens is 364 g/mol. The first-order chi connectivity index (χ1) is 13.5. The van der Waals surface area contributed by atoms with Crippen LogP contribution in [0.15, 0.2) is 36.5 Å². The summed E-state index contributed by atoms with van der Waals surface area (Å²) in [5.41, 5.74) is 0.459. The Morgan fingerprint density at radius 1 is 1.32 bits per heavy atom. The maximum Gasteiger partial charge on any atom is 0.317 e. The van der Waals surface area contributed by atoms with Gasteiger partial charge in [-0.1, -0.05) is 6.07 Å². The third kappa shape index (κ3) is 3.90. The Kier molecular flexibility index (Phi) is 5.11. The number of hydrogen-bond acceptors (Lipinski definition) is 4. The Morgan fingerprint density at radius 3 is 2.93 bits per heavy atom. The average molecular weight is 387 g/mol. The fraction of sp³-hybridized carbons (Fsp3) is 0.450. The van der Waals surface area contributed by atoms with Gasteiger partial charge in [-0.05, 0) is 43.0 Å². The third-order valence-electron chi connectivity index (χ3n) is 5.61. The molecule has 2 fully saturated rings. The first kappa shape index (κ1) is 18.6. The first-order valence-electron chi connectivity index (χ1n) is 9.54. The van der Waals surface area contributed by atoms with E-state index in [0.717, 1.165) is 31.3 Å². The summed E-state index contributed by atoms with van der Waals surface area (Å²) in [6, 6.07) is 7.16. The second kappa shape index (κ2) is 7.69. The highest BCUT2D eigenvalue weighted by atomic mass is 19.1. The van der Waals surface area contributed by atoms with E-state index in [1.165, 1.54) is 12.1 Å². The van der Waals surface area contributed by atoms with E-state index < -0.39 is 11.6 Å². The Balaban J connectivity index is 1.34. The number of amides is 2. The van der Waals surface area contributed by atoms with Crippen molar-refractivity contribution in [3.63, 3.8) is 0 Å². The number of urea groups is 1. The van der Waals surface area contributed by atoms with Gasteiger partial charge in [-0.2, -0.15) is 5.10 Å². The molecule has 0 spiro atoms. The molecule has 4 rings (SSSR count). The number of hydrogen-bond donors (Lipinski definition) is 1. The van der Waals surface area contributed by atoms with Gasteiger partial charge in [0.25, 0.3) is 0 Å². The molecule has 1 saturated heterocycles. The lowest BCUT2D eigenvalue weighted by Gasteiger charge is -2.38. The number of anilines is 1. The van der Waals surface area contributed by atoms with E-state index in [4.69, 9.17) is 0 Å². The quantitative estimate of drug-likeness (QED) is 0.876. The normalized spacial score (nSPS) is 24.0. The van der Waals surface area contributed by atoms with Gasteiger partial charge in [0.05, 0.1) is 6.04 Å². The van der Waals surface area contributed by atoms with Gasteiger partial charge >= 0.3 is 6.03 Å². The molecule has 1 N–H and O–H groups in total. The van der Waals surface area contributed by atoms with E-state index in [1.54, 1.807) is 18.1 Å². The van der Waals surface area contributed by atoms with Crippen molar-refractivity contribution in [3.05, 3.63) is 53.7 Å². The van der Waals surface area contributed by atoms with Crippen molar-refractivity contribution in [2.45, 2.75) is 37.3 Å². The van der Waals surface area contributed by atoms with Crippen LogP contribution in [0.4, 0.5) is 19.4 Å². The van der Waals surface area contributed by atoms with Crippen molar-refractivity contribution in [3.8, 4) is 0 Å². The van der Waals surface area contributed by atoms with Gasteiger partial charge in [0, 0.05) is 44.4 Å². The summed E-state index contributed by atoms with van der Waals surface area (Å²) >= 11 is 0. The molecule has 28 heavy (non-hydrogen) atoms. The summed E-state index contributed by atoms with van der Waals surface area (Å²) in [5, 5.41) is 11.1. The highest BCUT2D eigenvalue weighted by Gasteiger charge is 2.42. The van der Waals surface area contributed by atoms with Crippen LogP contribution in [0.1, 0.15) is 30.7 Å². The van der Waals surface area contributed by atoms with Gasteiger partial charge in [0.2, 0.25) is 0 Å². The van der Waals surface area contributed by atoms with E-state index in [1.807, 2.05) is 12.1 Å². The number of halogens is 2. The molecule has 2 aliphatic rings. The van der Waals surface area contributed by atoms with Crippen molar-refractivity contribution >= 4 is 11.8 Å². The third-order valence-corrected chi connectivity index (χ3v) is 5.61. The highest BCUT2D eigenvalue weighted by molar-refractivity contribution is 5.75. The predicted octanol–water partition coefficient (Wildman–Crippen LogP) is 2.92. The molecule has 148 valence electrons. The van der Waals surface area contributed by atoms with Crippen LogP contribution >= 0.6 is 0 Å². The summed E-state index contributed by atoms with van der Waals surface area (Å²) in [7, 11) is 1.79. The molecular formula is C20H23F2N5O. The molecule has 1 aromatic heterocycles. The SMILES string of the molecule is CN(C(=O)NC1CC1c1ccc(F)cc1F)[C@@H]1CCCN(c2cccnn2)C1. The lowest BCUT2D eigenvalue weighted by Crippen LogP contribution is -2.52. The molecule has 0 bridgehead atoms. The summed E-state index contributed by atoms with van der Waals surface area (Å²) < 4.78 is 27.0. The summed E-state index contributed by atoms with van der Waals surface area (Å²) in [5.74, 6) is -0.426. The van der Waals surface area contributed by atoms with E-state index >= 15 is 0 Å². The number of nitrogens with zero attached hydrogens (tertiary/aromatic N) is 4. The molecule has 1 aliphatic carbocycles. The number of aromatic nitrogens is 2. The van der Waals surface area contributed by atoms with E-state index in [9.17, 15) is 13.6 Å². The van der Waals surface area contributed by atoms with Crippen molar-refractivity contribution in [2.24, 2.45) is 0 Å². The minimum Gasteiger partial charge on any atom is -0.353 e. The number of piperidine rings is 1. The topological polar surface area (TPSA) is 61.4 Å². The van der Waals surface area contributed by atoms with Gasteiger partial charge in [-0.15, -0.1) is 5.10 Å². The number of benzene rings is 1. The fourth-order valence-corrected chi connectivity index (χ4v) is 3.87. The Hall–Kier alpha value is -2.77. The maximum atomic E-state index is 13.9. The second-order valence-electron chi connectivity index (χ2n) is 7.50. The number of rotatable bonds is 4. The van der Waals surface area contributed by atoms with Gasteiger partial charge < -0.3 is 15.1 Å². The van der Waals surface area contributed by atoms with Crippen molar-refractivity contribution in [1.82, 2.24) is 20.4 Å². The van der Waals surface area contributed by atoms with Gasteiger partial charge in [-0.3, -0.25) is 0 Å². The maximum absolute atomic E-state index is 13.9. The number of carbonyl (C=O) groups excluding carboxylic acids is 1. The van der Waals surface area contributed by atoms with Crippen molar-refractivity contribution in [2.75, 3.05) is 25.0 Å². The number of nitrogens with one attached hydrogen (secondary N) is 1. The lowest BCUT2D eigenvalue weighted by atomic mass is 10.0. The monoisotopic (exact) mass is 387 g/mol. The summed E-state index contributed by atoms with van der Waals surface area (Å²) in [6.45, 7) is 1.59. The van der Waals surface area contributed by atoms with Crippen LogP contribution in [-0.2, 0) is 0 Å². The Morgan fingerprint density at radius 2 is 2.18 bits per heavy atom. The zero-order valence-corrected chi connectivity index (χ0v) is 15.7. The van der Waals surface area contributed by atoms with Crippen molar-refractivity contribution in [1.29, 1.82) is 0 Å². The van der Waals surface area contributed by atoms with Crippen LogP contribution in [0.3, 0.4) is 0 Å². The first-order valence-corrected chi connectivity index (χ1v) is 9.54. The van der Waals surface area contributed by atoms with Gasteiger partial charge in [0.15, 0.2) is 5.82 Å². The van der Waals surface area contributed by atoms with Gasteiger partial charge in [0.1, 0.15) is 11.6 Å². The minimum atomic E-state index is -0.591. The van der Waals surface area contributed by atoms with Crippen LogP contribution in [0.5, 0.6) is 0 Å². The van der Waals surface area contributed by atoms with Crippen LogP contribution in [0.25, 0.3) is 0 Å². The van der Waals surface area contributed by atoms with Gasteiger partial charge in [-0.25, -0.2) is 13.6 Å². The molecule has 1 saturated carbocycles. The molecule has 2 heterocycles. The molecule has 3 atom stereocenters. The average Bonchev–Trinajstić information content (AvgIpc) is 3.46. The van der Waals surface area contributed by atoms with Crippen LogP contribution in [0.2, 0.25) is 0 Å². The zero-order chi connectivity index (χ0) is 19.7. The minimum absolute atomic E-state index is 0.0653. The molecule has 2 amide bonds. The second-order valence-corrected chi connectivity index (χ2v) is 7.50. The highest BCUT2D eigenvalue weighted by Crippen LogP contribution is 2.42. The standard InChI is InChI=1S/C20H23F2N5O/c1-26(14-4-3-9-27(12-14)19-5-2-8-23-25-19)20(28)24-18-11-16(18)15-7-6-13(21)10-17(15)22/h2,5-8,10,14,16,18H,3-4,9,11-12H2,1H3,(H,24,28)/t14-,16?,18?/m1/s1. The van der Waals surface area contributed by atoms with E-state index in [2.05, 4.69) is 20.4 Å². The molecule has 1 aliphatic heterocycles.